The second-order valence-corrected chi connectivity index (χ2v) is 7.02. The van der Waals surface area contributed by atoms with E-state index in [1.165, 1.54) is 0 Å². The van der Waals surface area contributed by atoms with Crippen LogP contribution in [0.4, 0.5) is 0 Å². The SMILES string of the molecule is COc1ccc(C(=O)NCCc2nnc3n2CCN(Cc2ccco2)CC3)cc1. The van der Waals surface area contributed by atoms with Crippen LogP contribution < -0.4 is 10.1 Å². The standard InChI is InChI=1S/C21H25N5O3/c1-28-17-6-4-16(5-7-17)21(27)22-10-8-19-23-24-20-9-11-25(12-13-26(19)20)15-18-3-2-14-29-18/h2-7,14H,8-13,15H2,1H3,(H,22,27). The number of aromatic nitrogens is 3. The van der Waals surface area contributed by atoms with Gasteiger partial charge in [0.2, 0.25) is 0 Å². The highest BCUT2D eigenvalue weighted by Crippen LogP contribution is 2.14. The molecule has 1 aliphatic heterocycles. The number of rotatable bonds is 7. The Morgan fingerprint density at radius 1 is 1.17 bits per heavy atom. The van der Waals surface area contributed by atoms with E-state index in [1.807, 2.05) is 12.1 Å². The number of carbonyl (C=O) groups is 1. The molecule has 0 aliphatic carbocycles. The molecule has 0 saturated carbocycles. The van der Waals surface area contributed by atoms with E-state index in [9.17, 15) is 4.79 Å². The maximum atomic E-state index is 12.3. The smallest absolute Gasteiger partial charge is 0.251 e. The first-order valence-corrected chi connectivity index (χ1v) is 9.81. The Labute approximate surface area is 169 Å². The Morgan fingerprint density at radius 3 is 2.79 bits per heavy atom. The van der Waals surface area contributed by atoms with Gasteiger partial charge in [-0.3, -0.25) is 9.69 Å². The monoisotopic (exact) mass is 395 g/mol. The van der Waals surface area contributed by atoms with Crippen molar-refractivity contribution in [2.24, 2.45) is 0 Å². The summed E-state index contributed by atoms with van der Waals surface area (Å²) in [6.45, 7) is 3.99. The molecule has 0 bridgehead atoms. The van der Waals surface area contributed by atoms with Gasteiger partial charge in [0.25, 0.3) is 5.91 Å². The fraction of sp³-hybridized carbons (Fsp3) is 0.381. The van der Waals surface area contributed by atoms with Gasteiger partial charge >= 0.3 is 0 Å². The van der Waals surface area contributed by atoms with E-state index >= 15 is 0 Å². The number of benzene rings is 1. The van der Waals surface area contributed by atoms with Gasteiger partial charge in [-0.05, 0) is 36.4 Å². The number of nitrogens with one attached hydrogen (secondary N) is 1. The van der Waals surface area contributed by atoms with Crippen LogP contribution in [0.2, 0.25) is 0 Å². The molecule has 0 atom stereocenters. The predicted molar refractivity (Wildman–Crippen MR) is 107 cm³/mol. The van der Waals surface area contributed by atoms with Crippen LogP contribution in [-0.4, -0.2) is 52.3 Å². The third kappa shape index (κ3) is 4.65. The van der Waals surface area contributed by atoms with Gasteiger partial charge in [-0.1, -0.05) is 0 Å². The van der Waals surface area contributed by atoms with Crippen LogP contribution in [0.5, 0.6) is 5.75 Å². The number of carbonyl (C=O) groups excluding carboxylic acids is 1. The number of nitrogens with zero attached hydrogens (tertiary/aromatic N) is 4. The van der Waals surface area contributed by atoms with E-state index in [0.717, 1.165) is 55.8 Å². The lowest BCUT2D eigenvalue weighted by molar-refractivity contribution is 0.0954. The normalized spacial score (nSPS) is 14.2. The number of furan rings is 1. The molecule has 1 amide bonds. The second-order valence-electron chi connectivity index (χ2n) is 7.02. The van der Waals surface area contributed by atoms with Crippen molar-refractivity contribution in [3.63, 3.8) is 0 Å². The van der Waals surface area contributed by atoms with Crippen molar-refractivity contribution in [3.8, 4) is 5.75 Å². The number of hydrogen-bond acceptors (Lipinski definition) is 6. The molecule has 1 N–H and O–H groups in total. The van der Waals surface area contributed by atoms with Crippen molar-refractivity contribution in [2.75, 3.05) is 26.7 Å². The summed E-state index contributed by atoms with van der Waals surface area (Å²) in [4.78, 5) is 14.7. The van der Waals surface area contributed by atoms with Crippen molar-refractivity contribution in [3.05, 3.63) is 65.6 Å². The molecule has 1 aromatic carbocycles. The van der Waals surface area contributed by atoms with Gasteiger partial charge in [-0.2, -0.15) is 0 Å². The number of ether oxygens (including phenoxy) is 1. The van der Waals surface area contributed by atoms with E-state index in [4.69, 9.17) is 9.15 Å². The van der Waals surface area contributed by atoms with Gasteiger partial charge in [0.05, 0.1) is 19.9 Å². The summed E-state index contributed by atoms with van der Waals surface area (Å²) in [5.74, 6) is 3.52. The molecule has 0 unspecified atom stereocenters. The molecular weight excluding hydrogens is 370 g/mol. The maximum absolute atomic E-state index is 12.3. The molecule has 8 nitrogen and oxygen atoms in total. The van der Waals surface area contributed by atoms with E-state index in [0.29, 0.717) is 18.5 Å². The number of fused-ring (bicyclic) bond motifs is 1. The Hall–Kier alpha value is -3.13. The highest BCUT2D eigenvalue weighted by molar-refractivity contribution is 5.94. The van der Waals surface area contributed by atoms with Crippen LogP contribution in [0.15, 0.2) is 47.1 Å². The van der Waals surface area contributed by atoms with Gasteiger partial charge < -0.3 is 19.0 Å². The van der Waals surface area contributed by atoms with E-state index in [-0.39, 0.29) is 5.91 Å². The van der Waals surface area contributed by atoms with Gasteiger partial charge in [-0.15, -0.1) is 10.2 Å². The lowest BCUT2D eigenvalue weighted by Gasteiger charge is -2.17. The van der Waals surface area contributed by atoms with Crippen LogP contribution >= 0.6 is 0 Å². The molecule has 0 saturated heterocycles. The van der Waals surface area contributed by atoms with E-state index in [1.54, 1.807) is 37.6 Å². The molecule has 0 radical (unpaired) electrons. The summed E-state index contributed by atoms with van der Waals surface area (Å²) in [6.07, 6.45) is 3.21. The molecule has 8 heteroatoms. The highest BCUT2D eigenvalue weighted by atomic mass is 16.5. The molecule has 3 heterocycles. The first-order chi connectivity index (χ1) is 14.2. The first-order valence-electron chi connectivity index (χ1n) is 9.81. The molecule has 29 heavy (non-hydrogen) atoms. The van der Waals surface area contributed by atoms with Gasteiger partial charge in [-0.25, -0.2) is 0 Å². The zero-order valence-electron chi connectivity index (χ0n) is 16.5. The Bertz CT molecular complexity index is 934. The molecule has 152 valence electrons. The summed E-state index contributed by atoms with van der Waals surface area (Å²) in [7, 11) is 1.60. The lowest BCUT2D eigenvalue weighted by atomic mass is 10.2. The topological polar surface area (TPSA) is 85.4 Å². The maximum Gasteiger partial charge on any atom is 0.251 e. The molecule has 4 rings (SSSR count). The van der Waals surface area contributed by atoms with Crippen LogP contribution in [0.25, 0.3) is 0 Å². The van der Waals surface area contributed by atoms with Crippen molar-refractivity contribution in [1.29, 1.82) is 0 Å². The van der Waals surface area contributed by atoms with Gasteiger partial charge in [0.15, 0.2) is 0 Å². The molecular formula is C21H25N5O3. The number of amides is 1. The molecule has 3 aromatic rings. The van der Waals surface area contributed by atoms with E-state index in [2.05, 4.69) is 25.0 Å². The van der Waals surface area contributed by atoms with Crippen molar-refractivity contribution in [2.45, 2.75) is 25.9 Å². The number of hydrogen-bond donors (Lipinski definition) is 1. The number of methoxy groups -OCH3 is 1. The second kappa shape index (κ2) is 8.91. The molecule has 0 fully saturated rings. The summed E-state index contributed by atoms with van der Waals surface area (Å²) < 4.78 is 12.8. The van der Waals surface area contributed by atoms with Gasteiger partial charge in [0, 0.05) is 44.6 Å². The minimum absolute atomic E-state index is 0.104. The average Bonchev–Trinajstić information content (AvgIpc) is 3.35. The summed E-state index contributed by atoms with van der Waals surface area (Å²) in [5.41, 5.74) is 0.611. The minimum atomic E-state index is -0.104. The third-order valence-corrected chi connectivity index (χ3v) is 5.14. The predicted octanol–water partition coefficient (Wildman–Crippen LogP) is 1.91. The highest BCUT2D eigenvalue weighted by Gasteiger charge is 2.19. The Balaban J connectivity index is 1.30. The quantitative estimate of drug-likeness (QED) is 0.658. The first kappa shape index (κ1) is 19.2. The Kier molecular flexibility index (Phi) is 5.90. The molecule has 1 aliphatic rings. The fourth-order valence-electron chi connectivity index (χ4n) is 3.53. The van der Waals surface area contributed by atoms with Gasteiger partial charge in [0.1, 0.15) is 23.2 Å². The zero-order valence-corrected chi connectivity index (χ0v) is 16.5. The minimum Gasteiger partial charge on any atom is -0.497 e. The van der Waals surface area contributed by atoms with Crippen molar-refractivity contribution >= 4 is 5.91 Å². The third-order valence-electron chi connectivity index (χ3n) is 5.14. The Morgan fingerprint density at radius 2 is 2.03 bits per heavy atom. The van der Waals surface area contributed by atoms with E-state index < -0.39 is 0 Å². The van der Waals surface area contributed by atoms with Crippen LogP contribution in [-0.2, 0) is 25.9 Å². The van der Waals surface area contributed by atoms with Crippen LogP contribution in [0, 0.1) is 0 Å². The fourth-order valence-corrected chi connectivity index (χ4v) is 3.53. The summed E-state index contributed by atoms with van der Waals surface area (Å²) in [6, 6.07) is 11.0. The molecule has 0 spiro atoms. The van der Waals surface area contributed by atoms with Crippen LogP contribution in [0.3, 0.4) is 0 Å². The lowest BCUT2D eigenvalue weighted by Crippen LogP contribution is -2.28. The largest absolute Gasteiger partial charge is 0.497 e. The zero-order chi connectivity index (χ0) is 20.1. The van der Waals surface area contributed by atoms with Crippen molar-refractivity contribution < 1.29 is 13.9 Å². The summed E-state index contributed by atoms with van der Waals surface area (Å²) in [5, 5.41) is 11.7. The van der Waals surface area contributed by atoms with Crippen LogP contribution in [0.1, 0.15) is 27.8 Å². The molecule has 2 aromatic heterocycles. The van der Waals surface area contributed by atoms with Crippen molar-refractivity contribution in [1.82, 2.24) is 25.0 Å². The average molecular weight is 395 g/mol. The summed E-state index contributed by atoms with van der Waals surface area (Å²) >= 11 is 0.